The highest BCUT2D eigenvalue weighted by Gasteiger charge is 2.60. The Morgan fingerprint density at radius 1 is 1.06 bits per heavy atom. The first-order valence-corrected chi connectivity index (χ1v) is 10.5. The van der Waals surface area contributed by atoms with Crippen LogP contribution in [0.15, 0.2) is 79.5 Å². The summed E-state index contributed by atoms with van der Waals surface area (Å²) >= 11 is 0. The van der Waals surface area contributed by atoms with Gasteiger partial charge in [0.15, 0.2) is 0 Å². The van der Waals surface area contributed by atoms with E-state index >= 15 is 4.39 Å². The molecular formula is C24H21FN6O2. The first-order valence-electron chi connectivity index (χ1n) is 10.5. The number of halogens is 1. The molecule has 5 rings (SSSR count). The molecule has 2 amide bonds. The third kappa shape index (κ3) is 3.32. The second-order valence-electron chi connectivity index (χ2n) is 7.99. The van der Waals surface area contributed by atoms with Gasteiger partial charge in [0.05, 0.1) is 29.6 Å². The summed E-state index contributed by atoms with van der Waals surface area (Å²) in [5.41, 5.74) is -0.0183. The first kappa shape index (κ1) is 20.7. The van der Waals surface area contributed by atoms with E-state index in [1.54, 1.807) is 35.2 Å². The SMILES string of the molecule is CC(=O)N1C(c2ccnnc2)C(F)CC1(C(=O)Nc1cccnc1)n1ccc2ccccc21. The summed E-state index contributed by atoms with van der Waals surface area (Å²) in [6.07, 6.45) is 5.94. The summed E-state index contributed by atoms with van der Waals surface area (Å²) in [6.45, 7) is 1.34. The average Bonchev–Trinajstić information content (AvgIpc) is 3.40. The van der Waals surface area contributed by atoms with Crippen molar-refractivity contribution in [1.29, 1.82) is 0 Å². The number of nitrogens with zero attached hydrogens (tertiary/aromatic N) is 5. The summed E-state index contributed by atoms with van der Waals surface area (Å²) in [4.78, 5) is 32.4. The molecule has 1 fully saturated rings. The zero-order valence-corrected chi connectivity index (χ0v) is 17.8. The summed E-state index contributed by atoms with van der Waals surface area (Å²) < 4.78 is 17.5. The minimum atomic E-state index is -1.65. The lowest BCUT2D eigenvalue weighted by molar-refractivity contribution is -0.149. The molecule has 1 saturated heterocycles. The number of para-hydroxylation sites is 1. The van der Waals surface area contributed by atoms with Gasteiger partial charge in [-0.25, -0.2) is 4.39 Å². The lowest BCUT2D eigenvalue weighted by Crippen LogP contribution is -2.56. The number of hydrogen-bond acceptors (Lipinski definition) is 5. The Balaban J connectivity index is 1.73. The topological polar surface area (TPSA) is 93.0 Å². The van der Waals surface area contributed by atoms with E-state index in [2.05, 4.69) is 20.5 Å². The Hall–Kier alpha value is -4.14. The van der Waals surface area contributed by atoms with Crippen molar-refractivity contribution >= 4 is 28.4 Å². The highest BCUT2D eigenvalue weighted by molar-refractivity contribution is 6.00. The molecule has 33 heavy (non-hydrogen) atoms. The number of hydrogen-bond donors (Lipinski definition) is 1. The number of rotatable bonds is 4. The molecule has 1 aliphatic rings. The van der Waals surface area contributed by atoms with Gasteiger partial charge < -0.3 is 14.8 Å². The van der Waals surface area contributed by atoms with E-state index in [0.29, 0.717) is 16.8 Å². The Labute approximate surface area is 189 Å². The van der Waals surface area contributed by atoms with E-state index in [0.717, 1.165) is 5.39 Å². The Bertz CT molecular complexity index is 1310. The van der Waals surface area contributed by atoms with Crippen molar-refractivity contribution in [2.45, 2.75) is 31.2 Å². The number of fused-ring (bicyclic) bond motifs is 1. The first-order chi connectivity index (χ1) is 16.0. The maximum absolute atomic E-state index is 15.8. The summed E-state index contributed by atoms with van der Waals surface area (Å²) in [6, 6.07) is 13.3. The zero-order valence-electron chi connectivity index (χ0n) is 17.8. The third-order valence-electron chi connectivity index (χ3n) is 6.07. The number of amides is 2. The molecule has 0 aliphatic carbocycles. The van der Waals surface area contributed by atoms with Crippen LogP contribution < -0.4 is 5.32 Å². The fourth-order valence-electron chi connectivity index (χ4n) is 4.76. The largest absolute Gasteiger partial charge is 0.321 e. The van der Waals surface area contributed by atoms with Crippen molar-refractivity contribution in [3.05, 3.63) is 85.1 Å². The monoisotopic (exact) mass is 444 g/mol. The molecule has 3 aromatic heterocycles. The smallest absolute Gasteiger partial charge is 0.271 e. The van der Waals surface area contributed by atoms with Crippen molar-refractivity contribution < 1.29 is 14.0 Å². The molecule has 3 atom stereocenters. The van der Waals surface area contributed by atoms with E-state index < -0.39 is 29.7 Å². The maximum Gasteiger partial charge on any atom is 0.271 e. The number of likely N-dealkylation sites (tertiary alicyclic amines) is 1. The summed E-state index contributed by atoms with van der Waals surface area (Å²) in [7, 11) is 0. The van der Waals surface area contributed by atoms with Crippen LogP contribution in [0.3, 0.4) is 0 Å². The van der Waals surface area contributed by atoms with Crippen LogP contribution in [0.4, 0.5) is 10.1 Å². The molecule has 8 nitrogen and oxygen atoms in total. The van der Waals surface area contributed by atoms with Crippen molar-refractivity contribution in [1.82, 2.24) is 24.6 Å². The molecule has 0 bridgehead atoms. The van der Waals surface area contributed by atoms with Gasteiger partial charge in [0, 0.05) is 31.9 Å². The van der Waals surface area contributed by atoms with Crippen LogP contribution in [0, 0.1) is 0 Å². The molecule has 9 heteroatoms. The standard InChI is InChI=1S/C24H21FN6O2/c1-16(32)31-22(18-8-11-27-28-14-18)20(25)13-24(31,23(33)29-19-6-4-10-26-15-19)30-12-9-17-5-2-3-7-21(17)30/h2-12,14-15,20,22H,13H2,1H3,(H,29,33). The number of anilines is 1. The highest BCUT2D eigenvalue weighted by atomic mass is 19.1. The number of carbonyl (C=O) groups is 2. The van der Waals surface area contributed by atoms with Gasteiger partial charge in [-0.05, 0) is 41.3 Å². The maximum atomic E-state index is 15.8. The molecule has 3 unspecified atom stereocenters. The number of pyridine rings is 1. The molecule has 0 saturated carbocycles. The molecule has 1 aliphatic heterocycles. The predicted molar refractivity (Wildman–Crippen MR) is 120 cm³/mol. The van der Waals surface area contributed by atoms with Crippen LogP contribution in [0.2, 0.25) is 0 Å². The molecule has 1 aromatic carbocycles. The minimum Gasteiger partial charge on any atom is -0.321 e. The van der Waals surface area contributed by atoms with Gasteiger partial charge in [-0.1, -0.05) is 18.2 Å². The minimum absolute atomic E-state index is 0.232. The summed E-state index contributed by atoms with van der Waals surface area (Å²) in [5, 5.41) is 11.3. The van der Waals surface area contributed by atoms with Crippen LogP contribution in [0.25, 0.3) is 10.9 Å². The van der Waals surface area contributed by atoms with Crippen LogP contribution in [0.1, 0.15) is 24.9 Å². The Morgan fingerprint density at radius 3 is 2.64 bits per heavy atom. The zero-order chi connectivity index (χ0) is 23.0. The molecule has 4 aromatic rings. The van der Waals surface area contributed by atoms with Crippen molar-refractivity contribution in [3.63, 3.8) is 0 Å². The Kier molecular flexibility index (Phi) is 5.08. The van der Waals surface area contributed by atoms with Crippen LogP contribution in [0.5, 0.6) is 0 Å². The number of nitrogens with one attached hydrogen (secondary N) is 1. The van der Waals surface area contributed by atoms with E-state index in [1.165, 1.54) is 30.4 Å². The van der Waals surface area contributed by atoms with E-state index in [1.807, 2.05) is 30.3 Å². The van der Waals surface area contributed by atoms with Crippen molar-refractivity contribution in [2.24, 2.45) is 0 Å². The number of aromatic nitrogens is 4. The average molecular weight is 444 g/mol. The second-order valence-corrected chi connectivity index (χ2v) is 7.99. The lowest BCUT2D eigenvalue weighted by atomic mass is 10.0. The van der Waals surface area contributed by atoms with Gasteiger partial charge in [-0.2, -0.15) is 10.2 Å². The van der Waals surface area contributed by atoms with Gasteiger partial charge in [0.2, 0.25) is 11.6 Å². The predicted octanol–water partition coefficient (Wildman–Crippen LogP) is 3.45. The van der Waals surface area contributed by atoms with E-state index in [-0.39, 0.29) is 6.42 Å². The fourth-order valence-corrected chi connectivity index (χ4v) is 4.76. The third-order valence-corrected chi connectivity index (χ3v) is 6.07. The van der Waals surface area contributed by atoms with Crippen LogP contribution in [-0.2, 0) is 15.3 Å². The van der Waals surface area contributed by atoms with Gasteiger partial charge in [0.25, 0.3) is 5.91 Å². The van der Waals surface area contributed by atoms with E-state index in [4.69, 9.17) is 0 Å². The second kappa shape index (κ2) is 8.09. The molecule has 0 radical (unpaired) electrons. The van der Waals surface area contributed by atoms with Crippen molar-refractivity contribution in [3.8, 4) is 0 Å². The molecular weight excluding hydrogens is 423 g/mol. The van der Waals surface area contributed by atoms with Gasteiger partial charge >= 0.3 is 0 Å². The quantitative estimate of drug-likeness (QED) is 0.521. The number of alkyl halides is 1. The highest BCUT2D eigenvalue weighted by Crippen LogP contribution is 2.49. The van der Waals surface area contributed by atoms with Gasteiger partial charge in [-0.3, -0.25) is 14.6 Å². The van der Waals surface area contributed by atoms with Crippen LogP contribution in [-0.4, -0.2) is 42.6 Å². The van der Waals surface area contributed by atoms with E-state index in [9.17, 15) is 9.59 Å². The molecule has 166 valence electrons. The lowest BCUT2D eigenvalue weighted by Gasteiger charge is -2.40. The molecule has 0 spiro atoms. The van der Waals surface area contributed by atoms with Crippen LogP contribution >= 0.6 is 0 Å². The number of carbonyl (C=O) groups excluding carboxylic acids is 2. The molecule has 4 heterocycles. The Morgan fingerprint density at radius 2 is 1.91 bits per heavy atom. The summed E-state index contributed by atoms with van der Waals surface area (Å²) in [5.74, 6) is -0.963. The van der Waals surface area contributed by atoms with Gasteiger partial charge in [-0.15, -0.1) is 0 Å². The van der Waals surface area contributed by atoms with Crippen molar-refractivity contribution in [2.75, 3.05) is 5.32 Å². The molecule has 1 N–H and O–H groups in total. The number of benzene rings is 1. The van der Waals surface area contributed by atoms with Gasteiger partial charge in [0.1, 0.15) is 6.17 Å². The fraction of sp³-hybridized carbons (Fsp3) is 0.208. The normalized spacial score (nSPS) is 22.4.